The van der Waals surface area contributed by atoms with Crippen molar-refractivity contribution in [2.75, 3.05) is 5.32 Å². The number of nitrogens with one attached hydrogen (secondary N) is 1. The third-order valence-corrected chi connectivity index (χ3v) is 4.62. The number of rotatable bonds is 4. The summed E-state index contributed by atoms with van der Waals surface area (Å²) in [4.78, 5) is 29.7. The number of hydrogen-bond acceptors (Lipinski definition) is 3. The maximum atomic E-state index is 12.7. The highest BCUT2D eigenvalue weighted by molar-refractivity contribution is 6.10. The third kappa shape index (κ3) is 3.30. The lowest BCUT2D eigenvalue weighted by Gasteiger charge is -2.07. The fourth-order valence-electron chi connectivity index (χ4n) is 3.23. The van der Waals surface area contributed by atoms with Crippen LogP contribution in [0.15, 0.2) is 72.9 Å². The lowest BCUT2D eigenvalue weighted by Crippen LogP contribution is -2.12. The number of amides is 1. The number of ketones is 1. The van der Waals surface area contributed by atoms with Gasteiger partial charge in [-0.25, -0.2) is 4.98 Å². The van der Waals surface area contributed by atoms with Gasteiger partial charge in [-0.3, -0.25) is 9.59 Å². The monoisotopic (exact) mass is 369 g/mol. The minimum Gasteiger partial charge on any atom is -0.322 e. The highest BCUT2D eigenvalue weighted by Crippen LogP contribution is 2.18. The van der Waals surface area contributed by atoms with E-state index in [1.165, 1.54) is 0 Å². The van der Waals surface area contributed by atoms with E-state index in [2.05, 4.69) is 10.3 Å². The summed E-state index contributed by atoms with van der Waals surface area (Å²) in [5.74, 6) is -0.283. The highest BCUT2D eigenvalue weighted by Gasteiger charge is 2.15. The van der Waals surface area contributed by atoms with E-state index in [9.17, 15) is 9.59 Å². The lowest BCUT2D eigenvalue weighted by atomic mass is 10.0. The fourth-order valence-corrected chi connectivity index (χ4v) is 3.23. The summed E-state index contributed by atoms with van der Waals surface area (Å²) in [6.45, 7) is 3.88. The number of anilines is 1. The van der Waals surface area contributed by atoms with E-state index >= 15 is 0 Å². The van der Waals surface area contributed by atoms with Crippen LogP contribution in [0.4, 0.5) is 5.69 Å². The minimum atomic E-state index is -0.234. The Balaban J connectivity index is 1.55. The van der Waals surface area contributed by atoms with Crippen LogP contribution < -0.4 is 5.32 Å². The largest absolute Gasteiger partial charge is 0.322 e. The first kappa shape index (κ1) is 17.7. The van der Waals surface area contributed by atoms with Crippen LogP contribution in [0.5, 0.6) is 0 Å². The Labute approximate surface area is 162 Å². The molecule has 0 aliphatic rings. The zero-order chi connectivity index (χ0) is 19.7. The first-order valence-electron chi connectivity index (χ1n) is 8.99. The quantitative estimate of drug-likeness (QED) is 0.541. The van der Waals surface area contributed by atoms with Gasteiger partial charge in [0.2, 0.25) is 0 Å². The van der Waals surface area contributed by atoms with Crippen LogP contribution in [0.1, 0.15) is 37.7 Å². The molecule has 4 aromatic rings. The molecular formula is C23H19N3O2. The molecular weight excluding hydrogens is 350 g/mol. The first-order valence-corrected chi connectivity index (χ1v) is 8.99. The van der Waals surface area contributed by atoms with E-state index in [0.29, 0.717) is 28.0 Å². The summed E-state index contributed by atoms with van der Waals surface area (Å²) in [6, 6.07) is 19.7. The Hall–Kier alpha value is -3.73. The number of hydrogen-bond donors (Lipinski definition) is 1. The zero-order valence-electron chi connectivity index (χ0n) is 15.6. The van der Waals surface area contributed by atoms with Gasteiger partial charge < -0.3 is 9.72 Å². The number of aryl methyl sites for hydroxylation is 2. The molecule has 0 aliphatic heterocycles. The standard InChI is InChI=1S/C23H19N3O2/c1-15-14-16(2)26-13-12-20(22(26)24-15)23(28)25-19-10-8-18(9-11-19)21(27)17-6-4-3-5-7-17/h3-14H,1-2H3,(H,25,28). The van der Waals surface area contributed by atoms with Crippen molar-refractivity contribution in [2.45, 2.75) is 13.8 Å². The van der Waals surface area contributed by atoms with Crippen molar-refractivity contribution in [1.82, 2.24) is 9.38 Å². The zero-order valence-corrected chi connectivity index (χ0v) is 15.6. The molecule has 0 aliphatic carbocycles. The molecule has 0 fully saturated rings. The van der Waals surface area contributed by atoms with Gasteiger partial charge in [0, 0.05) is 34.4 Å². The van der Waals surface area contributed by atoms with Crippen LogP contribution in [0.3, 0.4) is 0 Å². The predicted molar refractivity (Wildman–Crippen MR) is 109 cm³/mol. The highest BCUT2D eigenvalue weighted by atomic mass is 16.1. The SMILES string of the molecule is Cc1cc(C)n2ccc(C(=O)Nc3ccc(C(=O)c4ccccc4)cc3)c2n1. The smallest absolute Gasteiger partial charge is 0.259 e. The molecule has 0 saturated heterocycles. The van der Waals surface area contributed by atoms with Crippen molar-refractivity contribution in [3.05, 3.63) is 101 Å². The average Bonchev–Trinajstić information content (AvgIpc) is 3.13. The summed E-state index contributed by atoms with van der Waals surface area (Å²) in [5, 5.41) is 2.88. The van der Waals surface area contributed by atoms with Crippen molar-refractivity contribution >= 4 is 23.0 Å². The van der Waals surface area contributed by atoms with Gasteiger partial charge in [-0.05, 0) is 50.2 Å². The number of benzene rings is 2. The maximum Gasteiger partial charge on any atom is 0.259 e. The van der Waals surface area contributed by atoms with E-state index in [1.54, 1.807) is 42.5 Å². The topological polar surface area (TPSA) is 63.5 Å². The van der Waals surface area contributed by atoms with Gasteiger partial charge in [0.15, 0.2) is 5.78 Å². The number of carbonyl (C=O) groups excluding carboxylic acids is 2. The molecule has 0 atom stereocenters. The second kappa shape index (κ2) is 7.12. The van der Waals surface area contributed by atoms with Gasteiger partial charge in [-0.2, -0.15) is 0 Å². The van der Waals surface area contributed by atoms with Gasteiger partial charge in [0.25, 0.3) is 5.91 Å². The van der Waals surface area contributed by atoms with E-state index < -0.39 is 0 Å². The van der Waals surface area contributed by atoms with Gasteiger partial charge >= 0.3 is 0 Å². The fraction of sp³-hybridized carbons (Fsp3) is 0.0870. The summed E-state index contributed by atoms with van der Waals surface area (Å²) < 4.78 is 1.89. The Kier molecular flexibility index (Phi) is 4.49. The van der Waals surface area contributed by atoms with Crippen molar-refractivity contribution in [2.24, 2.45) is 0 Å². The molecule has 2 aromatic heterocycles. The Morgan fingerprint density at radius 1 is 0.893 bits per heavy atom. The van der Waals surface area contributed by atoms with Gasteiger partial charge in [-0.15, -0.1) is 0 Å². The van der Waals surface area contributed by atoms with Gasteiger partial charge in [-0.1, -0.05) is 30.3 Å². The second-order valence-corrected chi connectivity index (χ2v) is 6.69. The Bertz CT molecular complexity index is 1180. The van der Waals surface area contributed by atoms with Crippen molar-refractivity contribution < 1.29 is 9.59 Å². The second-order valence-electron chi connectivity index (χ2n) is 6.69. The molecule has 5 heteroatoms. The van der Waals surface area contributed by atoms with E-state index in [1.807, 2.05) is 48.7 Å². The molecule has 28 heavy (non-hydrogen) atoms. The predicted octanol–water partition coefficient (Wildman–Crippen LogP) is 4.43. The average molecular weight is 369 g/mol. The van der Waals surface area contributed by atoms with Crippen LogP contribution in [-0.2, 0) is 0 Å². The van der Waals surface area contributed by atoms with Crippen LogP contribution in [0.25, 0.3) is 5.65 Å². The van der Waals surface area contributed by atoms with E-state index in [0.717, 1.165) is 11.4 Å². The van der Waals surface area contributed by atoms with Crippen molar-refractivity contribution in [1.29, 1.82) is 0 Å². The molecule has 4 rings (SSSR count). The molecule has 0 radical (unpaired) electrons. The molecule has 0 unspecified atom stereocenters. The number of nitrogens with zero attached hydrogens (tertiary/aromatic N) is 2. The summed E-state index contributed by atoms with van der Waals surface area (Å²) in [6.07, 6.45) is 1.84. The molecule has 1 N–H and O–H groups in total. The Morgan fingerprint density at radius 2 is 1.57 bits per heavy atom. The Morgan fingerprint density at radius 3 is 2.29 bits per heavy atom. The molecule has 0 bridgehead atoms. The lowest BCUT2D eigenvalue weighted by molar-refractivity contribution is 0.102. The summed E-state index contributed by atoms with van der Waals surface area (Å²) >= 11 is 0. The first-order chi connectivity index (χ1) is 13.5. The van der Waals surface area contributed by atoms with Crippen LogP contribution >= 0.6 is 0 Å². The molecule has 2 heterocycles. The summed E-state index contributed by atoms with van der Waals surface area (Å²) in [5.41, 5.74) is 4.86. The summed E-state index contributed by atoms with van der Waals surface area (Å²) in [7, 11) is 0. The number of carbonyl (C=O) groups is 2. The molecule has 2 aromatic carbocycles. The third-order valence-electron chi connectivity index (χ3n) is 4.62. The molecule has 0 spiro atoms. The van der Waals surface area contributed by atoms with E-state index in [4.69, 9.17) is 0 Å². The van der Waals surface area contributed by atoms with Gasteiger partial charge in [0.1, 0.15) is 5.65 Å². The maximum absolute atomic E-state index is 12.7. The van der Waals surface area contributed by atoms with Gasteiger partial charge in [0.05, 0.1) is 5.56 Å². The number of aromatic nitrogens is 2. The normalized spacial score (nSPS) is 10.8. The molecule has 1 amide bonds. The van der Waals surface area contributed by atoms with E-state index in [-0.39, 0.29) is 11.7 Å². The molecule has 138 valence electrons. The van der Waals surface area contributed by atoms with Crippen molar-refractivity contribution in [3.63, 3.8) is 0 Å². The van der Waals surface area contributed by atoms with Crippen molar-refractivity contribution in [3.8, 4) is 0 Å². The molecule has 0 saturated carbocycles. The minimum absolute atomic E-state index is 0.0490. The van der Waals surface area contributed by atoms with Crippen LogP contribution in [-0.4, -0.2) is 21.1 Å². The number of fused-ring (bicyclic) bond motifs is 1. The van der Waals surface area contributed by atoms with Crippen LogP contribution in [0, 0.1) is 13.8 Å². The van der Waals surface area contributed by atoms with Crippen LogP contribution in [0.2, 0.25) is 0 Å². The molecule has 5 nitrogen and oxygen atoms in total.